The predicted octanol–water partition coefficient (Wildman–Crippen LogP) is 8.68. The van der Waals surface area contributed by atoms with Gasteiger partial charge in [-0.3, -0.25) is 0 Å². The lowest BCUT2D eigenvalue weighted by Gasteiger charge is -2.45. The molecule has 12 nitrogen and oxygen atoms in total. The minimum atomic E-state index is -1.44. The van der Waals surface area contributed by atoms with Crippen LogP contribution in [0.5, 0.6) is 0 Å². The topological polar surface area (TPSA) is 161 Å². The molecule has 0 amide bonds. The standard InChI is InChI=1S/C24H28ClN3O2.C17H22BrN3O2.C7H8BClO2.CH4/c1-15-10-18(12-19(25)11-15)16-4-5-17-14-23(8-6-20(29-3)7-9-23)24(21(17)13-16)27-22(26)28(2)30-24;1-21-15(19)20-17(23-21)14-9-12(18)4-3-11(14)10-16(17)7-5-13(22-2)6-8-16;1-5-2-6(8(10)11)4-7(9)3-5;/h4-5,10-13,20H,6-9,14H2,1-3H3,(H2,26,27);3-4,9,13H,5-8,10H2,1-2H3,(H2,19,20);2-4,10-11H,1H3;1H4. The van der Waals surface area contributed by atoms with Gasteiger partial charge in [0.2, 0.25) is 23.4 Å². The summed E-state index contributed by atoms with van der Waals surface area (Å²) in [7, 11) is 5.83. The summed E-state index contributed by atoms with van der Waals surface area (Å²) in [5.74, 6) is 0.881. The molecule has 4 spiro atoms. The lowest BCUT2D eigenvalue weighted by atomic mass is 9.66. The molecule has 2 saturated carbocycles. The lowest BCUT2D eigenvalue weighted by Crippen LogP contribution is -2.46. The zero-order valence-corrected chi connectivity index (χ0v) is 40.4. The SMILES string of the molecule is C.COC1CCC2(CC1)Cc1ccc(-c3cc(C)cc(Cl)c3)cc1C21N=C(N)N(C)O1.COC1CCC2(CC1)Cc1ccc(Br)cc1C21N=C(N)N(C)O1.Cc1cc(Cl)cc(B(O)O)c1. The Hall–Kier alpha value is -3.70. The van der Waals surface area contributed by atoms with Crippen molar-refractivity contribution in [1.29, 1.82) is 0 Å². The van der Waals surface area contributed by atoms with Gasteiger partial charge in [-0.1, -0.05) is 76.9 Å². The summed E-state index contributed by atoms with van der Waals surface area (Å²) in [5, 5.41) is 22.0. The fraction of sp³-hybridized carbons (Fsp3) is 0.469. The number of nitrogens with two attached hydrogens (primary N) is 2. The molecule has 348 valence electrons. The second-order valence-electron chi connectivity index (χ2n) is 18.3. The molecule has 4 aromatic carbocycles. The molecule has 6 aliphatic rings. The number of halogens is 3. The van der Waals surface area contributed by atoms with Crippen LogP contribution in [0.4, 0.5) is 0 Å². The second-order valence-corrected chi connectivity index (χ2v) is 20.1. The van der Waals surface area contributed by atoms with Crippen LogP contribution in [0.3, 0.4) is 0 Å². The van der Waals surface area contributed by atoms with Crippen molar-refractivity contribution in [1.82, 2.24) is 10.1 Å². The fourth-order valence-electron chi connectivity index (χ4n) is 11.0. The summed E-state index contributed by atoms with van der Waals surface area (Å²) in [6.45, 7) is 3.91. The van der Waals surface area contributed by atoms with E-state index in [-0.39, 0.29) is 18.3 Å². The van der Waals surface area contributed by atoms with Crippen molar-refractivity contribution < 1.29 is 29.2 Å². The van der Waals surface area contributed by atoms with Crippen molar-refractivity contribution in [3.8, 4) is 11.1 Å². The third kappa shape index (κ3) is 9.07. The van der Waals surface area contributed by atoms with Crippen LogP contribution in [-0.2, 0) is 43.4 Å². The van der Waals surface area contributed by atoms with Gasteiger partial charge in [0.15, 0.2) is 0 Å². The van der Waals surface area contributed by atoms with Gasteiger partial charge >= 0.3 is 7.12 Å². The number of methoxy groups -OCH3 is 2. The number of hydrogen-bond donors (Lipinski definition) is 4. The van der Waals surface area contributed by atoms with Crippen molar-refractivity contribution in [3.05, 3.63) is 121 Å². The molecule has 10 rings (SSSR count). The summed E-state index contributed by atoms with van der Waals surface area (Å²) >= 11 is 15.6. The monoisotopic (exact) mass is 990 g/mol. The van der Waals surface area contributed by atoms with Gasteiger partial charge in [-0.2, -0.15) is 0 Å². The van der Waals surface area contributed by atoms with Crippen molar-refractivity contribution in [2.75, 3.05) is 28.3 Å². The van der Waals surface area contributed by atoms with Crippen LogP contribution in [0, 0.1) is 24.7 Å². The van der Waals surface area contributed by atoms with E-state index < -0.39 is 18.6 Å². The number of hydroxylamine groups is 4. The first-order valence-corrected chi connectivity index (χ1v) is 23.4. The zero-order chi connectivity index (χ0) is 45.8. The predicted molar refractivity (Wildman–Crippen MR) is 264 cm³/mol. The molecule has 2 atom stereocenters. The van der Waals surface area contributed by atoms with E-state index in [0.29, 0.717) is 34.6 Å². The average Bonchev–Trinajstić information content (AvgIpc) is 3.91. The summed E-state index contributed by atoms with van der Waals surface area (Å²) in [6, 6.07) is 24.2. The van der Waals surface area contributed by atoms with E-state index in [9.17, 15) is 0 Å². The van der Waals surface area contributed by atoms with Gasteiger partial charge in [0.25, 0.3) is 0 Å². The van der Waals surface area contributed by atoms with Crippen molar-refractivity contribution >= 4 is 63.6 Å². The molecule has 2 fully saturated rings. The highest BCUT2D eigenvalue weighted by atomic mass is 79.9. The molecular weight excluding hydrogens is 930 g/mol. The number of ether oxygens (including phenoxy) is 2. The highest BCUT2D eigenvalue weighted by molar-refractivity contribution is 9.10. The molecule has 0 saturated heterocycles. The Labute approximate surface area is 402 Å². The number of benzene rings is 4. The van der Waals surface area contributed by atoms with Crippen LogP contribution < -0.4 is 16.9 Å². The van der Waals surface area contributed by atoms with Crippen molar-refractivity contribution in [2.45, 2.75) is 109 Å². The highest BCUT2D eigenvalue weighted by Crippen LogP contribution is 2.63. The zero-order valence-electron chi connectivity index (χ0n) is 37.3. The Morgan fingerprint density at radius 3 is 1.57 bits per heavy atom. The lowest BCUT2D eigenvalue weighted by molar-refractivity contribution is -0.232. The van der Waals surface area contributed by atoms with E-state index >= 15 is 0 Å². The quantitative estimate of drug-likeness (QED) is 0.146. The second kappa shape index (κ2) is 19.1. The van der Waals surface area contributed by atoms with Gasteiger partial charge in [0.05, 0.1) is 12.2 Å². The van der Waals surface area contributed by atoms with Gasteiger partial charge in [-0.05, 0) is 159 Å². The number of guanidine groups is 2. The van der Waals surface area contributed by atoms with Gasteiger partial charge in [0, 0.05) is 64.8 Å². The minimum absolute atomic E-state index is 0. The molecule has 2 heterocycles. The third-order valence-electron chi connectivity index (χ3n) is 14.3. The van der Waals surface area contributed by atoms with Gasteiger partial charge in [-0.25, -0.2) is 29.8 Å². The molecule has 0 bridgehead atoms. The third-order valence-corrected chi connectivity index (χ3v) is 15.2. The fourth-order valence-corrected chi connectivity index (χ4v) is 12.0. The maximum atomic E-state index is 8.77. The van der Waals surface area contributed by atoms with Gasteiger partial charge in [-0.15, -0.1) is 0 Å². The Balaban J connectivity index is 0.000000159. The maximum Gasteiger partial charge on any atom is 0.488 e. The Kier molecular flexibility index (Phi) is 14.5. The van der Waals surface area contributed by atoms with Crippen molar-refractivity contribution in [3.63, 3.8) is 0 Å². The van der Waals surface area contributed by atoms with E-state index in [4.69, 9.17) is 73.9 Å². The van der Waals surface area contributed by atoms with Gasteiger partial charge < -0.3 is 31.0 Å². The number of rotatable bonds is 4. The maximum absolute atomic E-state index is 8.77. The molecule has 16 heteroatoms. The van der Waals surface area contributed by atoms with Crippen LogP contribution in [0.1, 0.15) is 92.2 Å². The van der Waals surface area contributed by atoms with Crippen LogP contribution >= 0.6 is 39.1 Å². The number of hydrogen-bond acceptors (Lipinski definition) is 12. The Bertz CT molecular complexity index is 2420. The highest BCUT2D eigenvalue weighted by Gasteiger charge is 2.64. The van der Waals surface area contributed by atoms with Crippen LogP contribution in [0.15, 0.2) is 87.3 Å². The molecule has 2 aliphatic heterocycles. The van der Waals surface area contributed by atoms with E-state index in [0.717, 1.165) is 107 Å². The summed E-state index contributed by atoms with van der Waals surface area (Å²) in [5.41, 5.74) is 20.3. The number of fused-ring (bicyclic) bond motifs is 6. The van der Waals surface area contributed by atoms with Crippen LogP contribution in [0.2, 0.25) is 10.0 Å². The molecule has 4 aromatic rings. The first-order chi connectivity index (χ1) is 30.4. The molecule has 0 radical (unpaired) electrons. The van der Waals surface area contributed by atoms with E-state index in [1.54, 1.807) is 36.5 Å². The minimum Gasteiger partial charge on any atom is -0.423 e. The first kappa shape index (κ1) is 49.2. The van der Waals surface area contributed by atoms with Crippen LogP contribution in [-0.4, -0.2) is 79.7 Å². The molecule has 6 N–H and O–H groups in total. The Morgan fingerprint density at radius 2 is 1.14 bits per heavy atom. The number of aliphatic imine (C=N–C) groups is 2. The smallest absolute Gasteiger partial charge is 0.423 e. The average molecular weight is 993 g/mol. The normalized spacial score (nSPS) is 28.3. The van der Waals surface area contributed by atoms with Gasteiger partial charge in [0.1, 0.15) is 0 Å². The first-order valence-electron chi connectivity index (χ1n) is 21.9. The summed E-state index contributed by atoms with van der Waals surface area (Å²) < 4.78 is 12.2. The van der Waals surface area contributed by atoms with E-state index in [1.807, 2.05) is 33.2 Å². The Morgan fingerprint density at radius 1 is 0.677 bits per heavy atom. The number of aryl methyl sites for hydroxylation is 2. The van der Waals surface area contributed by atoms with E-state index in [1.165, 1.54) is 17.2 Å². The largest absolute Gasteiger partial charge is 0.488 e. The summed E-state index contributed by atoms with van der Waals surface area (Å²) in [4.78, 5) is 22.6. The van der Waals surface area contributed by atoms with Crippen molar-refractivity contribution in [2.24, 2.45) is 32.3 Å². The molecule has 65 heavy (non-hydrogen) atoms. The van der Waals surface area contributed by atoms with Crippen LogP contribution in [0.25, 0.3) is 11.1 Å². The summed E-state index contributed by atoms with van der Waals surface area (Å²) in [6.07, 6.45) is 10.7. The van der Waals surface area contributed by atoms with E-state index in [2.05, 4.69) is 65.3 Å². The number of nitrogens with zero attached hydrogens (tertiary/aromatic N) is 4. The molecule has 4 aliphatic carbocycles. The molecule has 0 aromatic heterocycles. The molecular formula is C49H62BBrCl2N6O6. The molecule has 2 unspecified atom stereocenters.